The smallest absolute Gasteiger partial charge is 0.0589 e. The zero-order chi connectivity index (χ0) is 12.4. The Hall–Kier alpha value is -0.910. The second-order valence-electron chi connectivity index (χ2n) is 4.95. The summed E-state index contributed by atoms with van der Waals surface area (Å²) in [5.41, 5.74) is 7.04. The molecule has 1 aromatic rings. The van der Waals surface area contributed by atoms with Crippen molar-refractivity contribution in [1.82, 2.24) is 14.7 Å². The molecule has 2 rings (SSSR count). The standard InChI is InChI=1S/C12H22N4O/c1-9-3-4-16(12(9)8-17)11(5-13)10-6-14-15(2)7-10/h6-7,9,11-12,17H,3-5,8,13H2,1-2H3. The van der Waals surface area contributed by atoms with Crippen molar-refractivity contribution in [3.05, 3.63) is 18.0 Å². The molecule has 0 bridgehead atoms. The van der Waals surface area contributed by atoms with Crippen LogP contribution in [0, 0.1) is 5.92 Å². The average molecular weight is 238 g/mol. The van der Waals surface area contributed by atoms with E-state index in [0.717, 1.165) is 18.5 Å². The first-order chi connectivity index (χ1) is 8.17. The van der Waals surface area contributed by atoms with Gasteiger partial charge in [0.25, 0.3) is 0 Å². The van der Waals surface area contributed by atoms with E-state index in [0.29, 0.717) is 12.5 Å². The van der Waals surface area contributed by atoms with Crippen molar-refractivity contribution in [2.24, 2.45) is 18.7 Å². The molecule has 0 amide bonds. The first-order valence-electron chi connectivity index (χ1n) is 6.22. The van der Waals surface area contributed by atoms with Crippen molar-refractivity contribution in [3.8, 4) is 0 Å². The molecule has 1 aliphatic heterocycles. The van der Waals surface area contributed by atoms with E-state index in [9.17, 15) is 5.11 Å². The Balaban J connectivity index is 2.18. The molecule has 0 saturated carbocycles. The molecule has 0 spiro atoms. The largest absolute Gasteiger partial charge is 0.395 e. The van der Waals surface area contributed by atoms with Gasteiger partial charge in [0, 0.05) is 31.4 Å². The zero-order valence-corrected chi connectivity index (χ0v) is 10.6. The molecule has 5 nitrogen and oxygen atoms in total. The van der Waals surface area contributed by atoms with Crippen LogP contribution in [0.3, 0.4) is 0 Å². The minimum absolute atomic E-state index is 0.172. The Morgan fingerprint density at radius 1 is 1.65 bits per heavy atom. The van der Waals surface area contributed by atoms with Crippen LogP contribution >= 0.6 is 0 Å². The Morgan fingerprint density at radius 3 is 2.94 bits per heavy atom. The summed E-state index contributed by atoms with van der Waals surface area (Å²) in [6.07, 6.45) is 5.01. The number of aliphatic hydroxyl groups excluding tert-OH is 1. The third kappa shape index (κ3) is 2.36. The van der Waals surface area contributed by atoms with Crippen molar-refractivity contribution in [2.75, 3.05) is 19.7 Å². The highest BCUT2D eigenvalue weighted by Crippen LogP contribution is 2.31. The van der Waals surface area contributed by atoms with Crippen LogP contribution in [0.4, 0.5) is 0 Å². The second kappa shape index (κ2) is 5.16. The minimum Gasteiger partial charge on any atom is -0.395 e. The maximum atomic E-state index is 9.50. The molecule has 3 N–H and O–H groups in total. The molecule has 1 aliphatic rings. The van der Waals surface area contributed by atoms with Crippen molar-refractivity contribution in [2.45, 2.75) is 25.4 Å². The van der Waals surface area contributed by atoms with E-state index in [-0.39, 0.29) is 18.7 Å². The summed E-state index contributed by atoms with van der Waals surface area (Å²) in [5.74, 6) is 0.533. The third-order valence-electron chi connectivity index (χ3n) is 3.85. The summed E-state index contributed by atoms with van der Waals surface area (Å²) < 4.78 is 1.80. The lowest BCUT2D eigenvalue weighted by Gasteiger charge is -2.32. The highest BCUT2D eigenvalue weighted by Gasteiger charge is 2.35. The SMILES string of the molecule is CC1CCN(C(CN)c2cnn(C)c2)C1CO. The monoisotopic (exact) mass is 238 g/mol. The minimum atomic E-state index is 0.172. The molecular weight excluding hydrogens is 216 g/mol. The van der Waals surface area contributed by atoms with Gasteiger partial charge in [-0.3, -0.25) is 9.58 Å². The highest BCUT2D eigenvalue weighted by atomic mass is 16.3. The molecular formula is C12H22N4O. The number of rotatable bonds is 4. The van der Waals surface area contributed by atoms with Crippen LogP contribution in [0.1, 0.15) is 24.9 Å². The lowest BCUT2D eigenvalue weighted by molar-refractivity contribution is 0.105. The van der Waals surface area contributed by atoms with Crippen LogP contribution < -0.4 is 5.73 Å². The van der Waals surface area contributed by atoms with Crippen molar-refractivity contribution in [3.63, 3.8) is 0 Å². The van der Waals surface area contributed by atoms with Crippen molar-refractivity contribution in [1.29, 1.82) is 0 Å². The van der Waals surface area contributed by atoms with E-state index in [2.05, 4.69) is 16.9 Å². The average Bonchev–Trinajstić information content (AvgIpc) is 2.88. The molecule has 17 heavy (non-hydrogen) atoms. The number of likely N-dealkylation sites (tertiary alicyclic amines) is 1. The van der Waals surface area contributed by atoms with Gasteiger partial charge in [-0.05, 0) is 18.9 Å². The lowest BCUT2D eigenvalue weighted by Crippen LogP contribution is -2.40. The fourth-order valence-corrected chi connectivity index (χ4v) is 2.78. The highest BCUT2D eigenvalue weighted by molar-refractivity contribution is 5.12. The van der Waals surface area contributed by atoms with E-state index in [1.54, 1.807) is 4.68 Å². The summed E-state index contributed by atoms with van der Waals surface area (Å²) in [6, 6.07) is 0.398. The number of aryl methyl sites for hydroxylation is 1. The van der Waals surface area contributed by atoms with Gasteiger partial charge in [-0.25, -0.2) is 0 Å². The summed E-state index contributed by atoms with van der Waals surface area (Å²) in [7, 11) is 1.91. The fourth-order valence-electron chi connectivity index (χ4n) is 2.78. The van der Waals surface area contributed by atoms with Gasteiger partial charge in [0.1, 0.15) is 0 Å². The van der Waals surface area contributed by atoms with Crippen LogP contribution in [0.2, 0.25) is 0 Å². The summed E-state index contributed by atoms with van der Waals surface area (Å²) in [5, 5.41) is 13.7. The van der Waals surface area contributed by atoms with E-state index >= 15 is 0 Å². The first kappa shape index (κ1) is 12.5. The molecule has 1 aromatic heterocycles. The molecule has 96 valence electrons. The maximum Gasteiger partial charge on any atom is 0.0589 e. The van der Waals surface area contributed by atoms with Crippen molar-refractivity contribution >= 4 is 0 Å². The van der Waals surface area contributed by atoms with Crippen LogP contribution in [0.5, 0.6) is 0 Å². The number of aliphatic hydroxyl groups is 1. The maximum absolute atomic E-state index is 9.50. The van der Waals surface area contributed by atoms with E-state index in [1.807, 2.05) is 19.4 Å². The Kier molecular flexibility index (Phi) is 3.81. The van der Waals surface area contributed by atoms with Crippen LogP contribution in [-0.4, -0.2) is 45.5 Å². The van der Waals surface area contributed by atoms with Crippen LogP contribution in [-0.2, 0) is 7.05 Å². The first-order valence-corrected chi connectivity index (χ1v) is 6.22. The Bertz CT molecular complexity index is 365. The van der Waals surface area contributed by atoms with Gasteiger partial charge in [-0.15, -0.1) is 0 Å². The molecule has 5 heteroatoms. The predicted molar refractivity (Wildman–Crippen MR) is 66.4 cm³/mol. The number of nitrogens with zero attached hydrogens (tertiary/aromatic N) is 3. The van der Waals surface area contributed by atoms with Gasteiger partial charge in [-0.1, -0.05) is 6.92 Å². The van der Waals surface area contributed by atoms with Gasteiger partial charge in [0.05, 0.1) is 18.8 Å². The molecule has 3 unspecified atom stereocenters. The summed E-state index contributed by atoms with van der Waals surface area (Å²) in [4.78, 5) is 2.32. The zero-order valence-electron chi connectivity index (χ0n) is 10.6. The molecule has 2 heterocycles. The number of nitrogens with two attached hydrogens (primary N) is 1. The van der Waals surface area contributed by atoms with Gasteiger partial charge in [-0.2, -0.15) is 5.10 Å². The van der Waals surface area contributed by atoms with Crippen LogP contribution in [0.25, 0.3) is 0 Å². The Morgan fingerprint density at radius 2 is 2.41 bits per heavy atom. The number of hydrogen-bond donors (Lipinski definition) is 2. The van der Waals surface area contributed by atoms with Gasteiger partial charge in [0.2, 0.25) is 0 Å². The molecule has 1 saturated heterocycles. The fraction of sp³-hybridized carbons (Fsp3) is 0.750. The molecule has 1 fully saturated rings. The third-order valence-corrected chi connectivity index (χ3v) is 3.85. The normalized spacial score (nSPS) is 27.5. The second-order valence-corrected chi connectivity index (χ2v) is 4.95. The Labute approximate surface area is 102 Å². The van der Waals surface area contributed by atoms with Crippen LogP contribution in [0.15, 0.2) is 12.4 Å². The van der Waals surface area contributed by atoms with Gasteiger partial charge < -0.3 is 10.8 Å². The van der Waals surface area contributed by atoms with E-state index < -0.39 is 0 Å². The molecule has 0 aromatic carbocycles. The predicted octanol–water partition coefficient (Wildman–Crippen LogP) is 0.123. The topological polar surface area (TPSA) is 67.3 Å². The van der Waals surface area contributed by atoms with Gasteiger partial charge in [0.15, 0.2) is 0 Å². The van der Waals surface area contributed by atoms with E-state index in [1.165, 1.54) is 0 Å². The number of aromatic nitrogens is 2. The number of hydrogen-bond acceptors (Lipinski definition) is 4. The molecule has 3 atom stereocenters. The lowest BCUT2D eigenvalue weighted by atomic mass is 10.0. The molecule has 0 radical (unpaired) electrons. The van der Waals surface area contributed by atoms with Gasteiger partial charge >= 0.3 is 0 Å². The summed E-state index contributed by atoms with van der Waals surface area (Å²) >= 11 is 0. The molecule has 0 aliphatic carbocycles. The van der Waals surface area contributed by atoms with Crippen molar-refractivity contribution < 1.29 is 5.11 Å². The van der Waals surface area contributed by atoms with E-state index in [4.69, 9.17) is 5.73 Å². The quantitative estimate of drug-likeness (QED) is 0.782. The summed E-state index contributed by atoms with van der Waals surface area (Å²) in [6.45, 7) is 3.97.